The zero-order valence-corrected chi connectivity index (χ0v) is 10.8. The van der Waals surface area contributed by atoms with Crippen molar-refractivity contribution in [2.24, 2.45) is 0 Å². The molecule has 0 bridgehead atoms. The van der Waals surface area contributed by atoms with Crippen LogP contribution >= 0.6 is 22.9 Å². The number of halogens is 1. The van der Waals surface area contributed by atoms with Crippen molar-refractivity contribution in [2.75, 3.05) is 11.1 Å². The van der Waals surface area contributed by atoms with Crippen molar-refractivity contribution < 1.29 is 4.92 Å². The van der Waals surface area contributed by atoms with Crippen molar-refractivity contribution in [3.05, 3.63) is 49.7 Å². The summed E-state index contributed by atoms with van der Waals surface area (Å²) >= 11 is 7.50. The Bertz CT molecular complexity index is 585. The maximum Gasteiger partial charge on any atom is 0.271 e. The second kappa shape index (κ2) is 5.24. The summed E-state index contributed by atoms with van der Waals surface area (Å²) in [6.45, 7) is 0.543. The lowest BCUT2D eigenvalue weighted by atomic mass is 10.2. The molecule has 0 aliphatic heterocycles. The van der Waals surface area contributed by atoms with Crippen molar-refractivity contribution in [2.45, 2.75) is 6.54 Å². The zero-order chi connectivity index (χ0) is 13.1. The van der Waals surface area contributed by atoms with Gasteiger partial charge in [-0.25, -0.2) is 0 Å². The minimum atomic E-state index is -0.479. The molecule has 5 nitrogen and oxygen atoms in total. The molecule has 0 fully saturated rings. The number of nitrogens with one attached hydrogen (secondary N) is 1. The molecule has 0 aliphatic carbocycles. The Morgan fingerprint density at radius 1 is 1.44 bits per heavy atom. The first-order valence-electron chi connectivity index (χ1n) is 5.07. The topological polar surface area (TPSA) is 81.2 Å². The molecule has 2 rings (SSSR count). The smallest absolute Gasteiger partial charge is 0.271 e. The molecule has 18 heavy (non-hydrogen) atoms. The van der Waals surface area contributed by atoms with Gasteiger partial charge in [0.1, 0.15) is 0 Å². The third-order valence-electron chi connectivity index (χ3n) is 2.38. The van der Waals surface area contributed by atoms with Gasteiger partial charge < -0.3 is 11.1 Å². The van der Waals surface area contributed by atoms with Crippen LogP contribution in [0.1, 0.15) is 4.88 Å². The Labute approximate surface area is 112 Å². The highest BCUT2D eigenvalue weighted by Crippen LogP contribution is 2.28. The number of nitro benzene ring substituents is 1. The monoisotopic (exact) mass is 283 g/mol. The summed E-state index contributed by atoms with van der Waals surface area (Å²) in [4.78, 5) is 11.1. The fourth-order valence-electron chi connectivity index (χ4n) is 1.43. The Morgan fingerprint density at radius 3 is 2.78 bits per heavy atom. The Kier molecular flexibility index (Phi) is 3.69. The molecule has 0 radical (unpaired) electrons. The van der Waals surface area contributed by atoms with Crippen molar-refractivity contribution in [1.29, 1.82) is 0 Å². The van der Waals surface area contributed by atoms with Crippen LogP contribution in [0.4, 0.5) is 17.1 Å². The van der Waals surface area contributed by atoms with E-state index >= 15 is 0 Å². The van der Waals surface area contributed by atoms with E-state index in [9.17, 15) is 10.1 Å². The van der Waals surface area contributed by atoms with Crippen LogP contribution in [0.15, 0.2) is 29.6 Å². The van der Waals surface area contributed by atoms with Crippen molar-refractivity contribution >= 4 is 40.0 Å². The standard InChI is InChI=1S/C11H10ClN3O2S/c12-8-5-7(15(16)17)1-2-10(8)14-6-11-9(13)3-4-18-11/h1-5,14H,6,13H2. The summed E-state index contributed by atoms with van der Waals surface area (Å²) < 4.78 is 0. The summed E-state index contributed by atoms with van der Waals surface area (Å²) in [6, 6.07) is 6.15. The largest absolute Gasteiger partial charge is 0.398 e. The van der Waals surface area contributed by atoms with Gasteiger partial charge in [-0.15, -0.1) is 11.3 Å². The second-order valence-electron chi connectivity index (χ2n) is 3.57. The van der Waals surface area contributed by atoms with Gasteiger partial charge in [-0.3, -0.25) is 10.1 Å². The van der Waals surface area contributed by atoms with Gasteiger partial charge in [-0.1, -0.05) is 11.6 Å². The van der Waals surface area contributed by atoms with E-state index in [1.165, 1.54) is 12.1 Å². The molecular weight excluding hydrogens is 274 g/mol. The van der Waals surface area contributed by atoms with E-state index in [1.807, 2.05) is 11.4 Å². The van der Waals surface area contributed by atoms with Gasteiger partial charge in [0, 0.05) is 22.7 Å². The Balaban J connectivity index is 2.11. The van der Waals surface area contributed by atoms with Crippen LogP contribution in [0.5, 0.6) is 0 Å². The first-order valence-corrected chi connectivity index (χ1v) is 6.33. The number of anilines is 2. The first-order chi connectivity index (χ1) is 8.58. The van der Waals surface area contributed by atoms with E-state index in [1.54, 1.807) is 17.4 Å². The molecule has 2 aromatic rings. The van der Waals surface area contributed by atoms with E-state index in [4.69, 9.17) is 17.3 Å². The van der Waals surface area contributed by atoms with Crippen LogP contribution in [0.3, 0.4) is 0 Å². The molecule has 0 aliphatic rings. The molecule has 0 saturated heterocycles. The Hall–Kier alpha value is -1.79. The van der Waals surface area contributed by atoms with Gasteiger partial charge in [0.15, 0.2) is 0 Å². The predicted octanol–water partition coefficient (Wildman–Crippen LogP) is 3.50. The van der Waals surface area contributed by atoms with Crippen molar-refractivity contribution in [3.8, 4) is 0 Å². The number of nitro groups is 1. The Morgan fingerprint density at radius 2 is 2.22 bits per heavy atom. The van der Waals surface area contributed by atoms with E-state index in [2.05, 4.69) is 5.32 Å². The van der Waals surface area contributed by atoms with Crippen molar-refractivity contribution in [3.63, 3.8) is 0 Å². The highest BCUT2D eigenvalue weighted by molar-refractivity contribution is 7.10. The average molecular weight is 284 g/mol. The molecule has 1 aromatic carbocycles. The van der Waals surface area contributed by atoms with E-state index < -0.39 is 4.92 Å². The third kappa shape index (κ3) is 2.72. The van der Waals surface area contributed by atoms with Gasteiger partial charge in [-0.05, 0) is 17.5 Å². The molecule has 7 heteroatoms. The van der Waals surface area contributed by atoms with E-state index in [0.29, 0.717) is 17.3 Å². The number of nitrogens with two attached hydrogens (primary N) is 1. The number of rotatable bonds is 4. The fourth-order valence-corrected chi connectivity index (χ4v) is 2.41. The average Bonchev–Trinajstić information content (AvgIpc) is 2.73. The number of nitrogen functional groups attached to an aromatic ring is 1. The van der Waals surface area contributed by atoms with Crippen LogP contribution < -0.4 is 11.1 Å². The molecule has 0 unspecified atom stereocenters. The summed E-state index contributed by atoms with van der Waals surface area (Å²) in [6.07, 6.45) is 0. The SMILES string of the molecule is Nc1ccsc1CNc1ccc([N+](=O)[O-])cc1Cl. The van der Waals surface area contributed by atoms with Crippen LogP contribution in [0.25, 0.3) is 0 Å². The first kappa shape index (κ1) is 12.7. The highest BCUT2D eigenvalue weighted by Gasteiger charge is 2.09. The minimum absolute atomic E-state index is 0.0267. The zero-order valence-electron chi connectivity index (χ0n) is 9.22. The maximum absolute atomic E-state index is 10.6. The number of non-ortho nitro benzene ring substituents is 1. The molecule has 0 amide bonds. The van der Waals surface area contributed by atoms with Gasteiger partial charge in [0.2, 0.25) is 0 Å². The summed E-state index contributed by atoms with van der Waals surface area (Å²) in [5.41, 5.74) is 7.10. The van der Waals surface area contributed by atoms with Crippen LogP contribution in [0, 0.1) is 10.1 Å². The maximum atomic E-state index is 10.6. The van der Waals surface area contributed by atoms with Crippen molar-refractivity contribution in [1.82, 2.24) is 0 Å². The molecule has 0 saturated carbocycles. The fraction of sp³-hybridized carbons (Fsp3) is 0.0909. The van der Waals surface area contributed by atoms with Crippen LogP contribution in [0.2, 0.25) is 5.02 Å². The van der Waals surface area contributed by atoms with Crippen LogP contribution in [-0.4, -0.2) is 4.92 Å². The lowest BCUT2D eigenvalue weighted by molar-refractivity contribution is -0.384. The molecular formula is C11H10ClN3O2S. The number of nitrogens with zero attached hydrogens (tertiary/aromatic N) is 1. The second-order valence-corrected chi connectivity index (χ2v) is 4.98. The van der Waals surface area contributed by atoms with Gasteiger partial charge in [0.25, 0.3) is 5.69 Å². The van der Waals surface area contributed by atoms with Gasteiger partial charge in [0.05, 0.1) is 22.2 Å². The quantitative estimate of drug-likeness (QED) is 0.664. The number of benzene rings is 1. The lowest BCUT2D eigenvalue weighted by Gasteiger charge is -2.07. The van der Waals surface area contributed by atoms with Gasteiger partial charge in [-0.2, -0.15) is 0 Å². The molecule has 0 atom stereocenters. The van der Waals surface area contributed by atoms with Gasteiger partial charge >= 0.3 is 0 Å². The van der Waals surface area contributed by atoms with E-state index in [-0.39, 0.29) is 5.69 Å². The molecule has 0 spiro atoms. The summed E-state index contributed by atoms with van der Waals surface area (Å²) in [5.74, 6) is 0. The predicted molar refractivity (Wildman–Crippen MR) is 74.2 cm³/mol. The lowest BCUT2D eigenvalue weighted by Crippen LogP contribution is -2.00. The normalized spacial score (nSPS) is 10.3. The summed E-state index contributed by atoms with van der Waals surface area (Å²) in [5, 5.41) is 15.9. The molecule has 1 heterocycles. The molecule has 1 aromatic heterocycles. The summed E-state index contributed by atoms with van der Waals surface area (Å²) in [7, 11) is 0. The number of thiophene rings is 1. The highest BCUT2D eigenvalue weighted by atomic mass is 35.5. The van der Waals surface area contributed by atoms with Crippen LogP contribution in [-0.2, 0) is 6.54 Å². The number of hydrogen-bond acceptors (Lipinski definition) is 5. The third-order valence-corrected chi connectivity index (χ3v) is 3.63. The molecule has 3 N–H and O–H groups in total. The number of hydrogen-bond donors (Lipinski definition) is 2. The molecule has 94 valence electrons. The van der Waals surface area contributed by atoms with E-state index in [0.717, 1.165) is 10.6 Å². The minimum Gasteiger partial charge on any atom is -0.398 e.